The van der Waals surface area contributed by atoms with E-state index in [0.29, 0.717) is 5.39 Å². The third kappa shape index (κ3) is 2.23. The van der Waals surface area contributed by atoms with Gasteiger partial charge in [0.2, 0.25) is 0 Å². The largest absolute Gasteiger partial charge is 0.573 e. The molecule has 1 heterocycles. The van der Waals surface area contributed by atoms with Gasteiger partial charge in [-0.05, 0) is 30.5 Å². The Morgan fingerprint density at radius 3 is 2.58 bits per heavy atom. The van der Waals surface area contributed by atoms with E-state index in [0.717, 1.165) is 18.4 Å². The second-order valence-electron chi connectivity index (χ2n) is 4.71. The molecule has 1 aliphatic rings. The first-order valence-corrected chi connectivity index (χ1v) is 5.82. The van der Waals surface area contributed by atoms with Gasteiger partial charge >= 0.3 is 6.36 Å². The predicted octanol–water partition coefficient (Wildman–Crippen LogP) is 3.08. The summed E-state index contributed by atoms with van der Waals surface area (Å²) >= 11 is 0. The molecule has 1 aliphatic carbocycles. The number of fused-ring (bicyclic) bond motifs is 1. The molecule has 3 nitrogen and oxygen atoms in total. The molecule has 0 unspecified atom stereocenters. The first kappa shape index (κ1) is 12.2. The van der Waals surface area contributed by atoms with Gasteiger partial charge < -0.3 is 10.5 Å². The molecule has 0 aliphatic heterocycles. The smallest absolute Gasteiger partial charge is 0.403 e. The van der Waals surface area contributed by atoms with Crippen LogP contribution in [0.4, 0.5) is 13.2 Å². The maximum Gasteiger partial charge on any atom is 0.573 e. The van der Waals surface area contributed by atoms with Crippen LogP contribution in [0.5, 0.6) is 5.75 Å². The molecule has 19 heavy (non-hydrogen) atoms. The Labute approximate surface area is 107 Å². The van der Waals surface area contributed by atoms with E-state index in [2.05, 4.69) is 9.72 Å². The molecule has 2 aromatic rings. The molecule has 1 saturated carbocycles. The zero-order valence-corrected chi connectivity index (χ0v) is 9.87. The van der Waals surface area contributed by atoms with E-state index in [1.807, 2.05) is 0 Å². The summed E-state index contributed by atoms with van der Waals surface area (Å²) in [5, 5.41) is 0.615. The van der Waals surface area contributed by atoms with Gasteiger partial charge in [0.05, 0.1) is 0 Å². The van der Waals surface area contributed by atoms with Crippen molar-refractivity contribution >= 4 is 10.9 Å². The molecule has 3 rings (SSSR count). The average Bonchev–Trinajstić information content (AvgIpc) is 3.07. The van der Waals surface area contributed by atoms with Crippen LogP contribution in [0.25, 0.3) is 10.9 Å². The number of hydrogen-bond acceptors (Lipinski definition) is 3. The number of nitrogens with zero attached hydrogens (tertiary/aromatic N) is 1. The van der Waals surface area contributed by atoms with Crippen LogP contribution in [0.2, 0.25) is 0 Å². The number of nitrogens with two attached hydrogens (primary N) is 1. The van der Waals surface area contributed by atoms with Gasteiger partial charge in [-0.2, -0.15) is 0 Å². The molecule has 1 aromatic carbocycles. The highest BCUT2D eigenvalue weighted by Gasteiger charge is 2.41. The van der Waals surface area contributed by atoms with E-state index in [1.165, 1.54) is 12.3 Å². The number of rotatable bonds is 2. The van der Waals surface area contributed by atoms with Crippen LogP contribution in [0.1, 0.15) is 18.4 Å². The number of aromatic nitrogens is 1. The van der Waals surface area contributed by atoms with Crippen molar-refractivity contribution in [3.63, 3.8) is 0 Å². The third-order valence-electron chi connectivity index (χ3n) is 3.28. The van der Waals surface area contributed by atoms with Crippen molar-refractivity contribution in [1.82, 2.24) is 4.98 Å². The predicted molar refractivity (Wildman–Crippen MR) is 63.5 cm³/mol. The fraction of sp³-hybridized carbons (Fsp3) is 0.308. The number of hydrogen-bond donors (Lipinski definition) is 1. The Hall–Kier alpha value is -1.82. The zero-order valence-electron chi connectivity index (χ0n) is 9.87. The first-order chi connectivity index (χ1) is 8.89. The third-order valence-corrected chi connectivity index (χ3v) is 3.28. The van der Waals surface area contributed by atoms with E-state index < -0.39 is 11.9 Å². The molecular weight excluding hydrogens is 257 g/mol. The average molecular weight is 268 g/mol. The van der Waals surface area contributed by atoms with Crippen molar-refractivity contribution in [1.29, 1.82) is 0 Å². The molecule has 1 fully saturated rings. The monoisotopic (exact) mass is 268 g/mol. The summed E-state index contributed by atoms with van der Waals surface area (Å²) in [7, 11) is 0. The van der Waals surface area contributed by atoms with Gasteiger partial charge in [0.15, 0.2) is 5.75 Å². The van der Waals surface area contributed by atoms with Gasteiger partial charge in [0.25, 0.3) is 0 Å². The standard InChI is InChI=1S/C13H11F3N2O/c14-13(15,16)19-10-4-3-9(12(17)5-6-12)8-2-1-7-18-11(8)10/h1-4,7H,5-6,17H2. The van der Waals surface area contributed by atoms with E-state index >= 15 is 0 Å². The summed E-state index contributed by atoms with van der Waals surface area (Å²) in [5.74, 6) is -0.295. The number of halogens is 3. The van der Waals surface area contributed by atoms with Gasteiger partial charge in [0, 0.05) is 17.1 Å². The van der Waals surface area contributed by atoms with Crippen molar-refractivity contribution in [2.75, 3.05) is 0 Å². The molecule has 0 radical (unpaired) electrons. The van der Waals surface area contributed by atoms with E-state index in [9.17, 15) is 13.2 Å². The molecule has 0 bridgehead atoms. The van der Waals surface area contributed by atoms with Crippen molar-refractivity contribution in [3.05, 3.63) is 36.0 Å². The quantitative estimate of drug-likeness (QED) is 0.910. The lowest BCUT2D eigenvalue weighted by molar-refractivity contribution is -0.274. The van der Waals surface area contributed by atoms with Crippen LogP contribution in [-0.4, -0.2) is 11.3 Å². The number of alkyl halides is 3. The van der Waals surface area contributed by atoms with Gasteiger partial charge in [0.1, 0.15) is 5.52 Å². The second-order valence-corrected chi connectivity index (χ2v) is 4.71. The molecule has 0 spiro atoms. The van der Waals surface area contributed by atoms with Crippen LogP contribution in [0.15, 0.2) is 30.5 Å². The summed E-state index contributed by atoms with van der Waals surface area (Å²) in [4.78, 5) is 3.99. The molecule has 2 N–H and O–H groups in total. The van der Waals surface area contributed by atoms with Gasteiger partial charge in [-0.1, -0.05) is 12.1 Å². The Morgan fingerprint density at radius 1 is 1.21 bits per heavy atom. The van der Waals surface area contributed by atoms with E-state index in [-0.39, 0.29) is 11.3 Å². The summed E-state index contributed by atoms with van der Waals surface area (Å²) in [5.41, 5.74) is 6.70. The SMILES string of the molecule is NC1(c2ccc(OC(F)(F)F)c3ncccc23)CC1. The van der Waals surface area contributed by atoms with Crippen LogP contribution < -0.4 is 10.5 Å². The van der Waals surface area contributed by atoms with Crippen molar-refractivity contribution in [3.8, 4) is 5.75 Å². The van der Waals surface area contributed by atoms with Gasteiger partial charge in [-0.25, -0.2) is 0 Å². The highest BCUT2D eigenvalue weighted by molar-refractivity contribution is 5.88. The second kappa shape index (κ2) is 3.84. The molecule has 100 valence electrons. The van der Waals surface area contributed by atoms with E-state index in [4.69, 9.17) is 5.73 Å². The van der Waals surface area contributed by atoms with Gasteiger partial charge in [-0.15, -0.1) is 13.2 Å². The van der Waals surface area contributed by atoms with Crippen molar-refractivity contribution < 1.29 is 17.9 Å². The lowest BCUT2D eigenvalue weighted by atomic mass is 9.99. The fourth-order valence-corrected chi connectivity index (χ4v) is 2.19. The Balaban J connectivity index is 2.17. The van der Waals surface area contributed by atoms with Gasteiger partial charge in [-0.3, -0.25) is 4.98 Å². The number of pyridine rings is 1. The fourth-order valence-electron chi connectivity index (χ4n) is 2.19. The lowest BCUT2D eigenvalue weighted by Gasteiger charge is -2.16. The summed E-state index contributed by atoms with van der Waals surface area (Å²) in [6.07, 6.45) is -1.63. The minimum atomic E-state index is -4.73. The normalized spacial score (nSPS) is 17.5. The first-order valence-electron chi connectivity index (χ1n) is 5.82. The number of ether oxygens (including phenoxy) is 1. The topological polar surface area (TPSA) is 48.1 Å². The highest BCUT2D eigenvalue weighted by atomic mass is 19.4. The summed E-state index contributed by atoms with van der Waals surface area (Å²) in [6.45, 7) is 0. The van der Waals surface area contributed by atoms with E-state index in [1.54, 1.807) is 18.2 Å². The molecular formula is C13H11F3N2O. The molecule has 6 heteroatoms. The van der Waals surface area contributed by atoms with Crippen LogP contribution in [0.3, 0.4) is 0 Å². The summed E-state index contributed by atoms with van der Waals surface area (Å²) < 4.78 is 41.0. The molecule has 1 aromatic heterocycles. The molecule has 0 atom stereocenters. The van der Waals surface area contributed by atoms with Crippen molar-refractivity contribution in [2.24, 2.45) is 5.73 Å². The number of benzene rings is 1. The Kier molecular flexibility index (Phi) is 2.47. The summed E-state index contributed by atoms with van der Waals surface area (Å²) in [6, 6.07) is 6.27. The van der Waals surface area contributed by atoms with Crippen molar-refractivity contribution in [2.45, 2.75) is 24.7 Å². The minimum Gasteiger partial charge on any atom is -0.403 e. The Morgan fingerprint density at radius 2 is 1.95 bits per heavy atom. The minimum absolute atomic E-state index is 0.189. The van der Waals surface area contributed by atoms with Crippen LogP contribution in [0, 0.1) is 0 Å². The Bertz CT molecular complexity index is 635. The molecule has 0 saturated heterocycles. The van der Waals surface area contributed by atoms with Crippen LogP contribution in [-0.2, 0) is 5.54 Å². The van der Waals surface area contributed by atoms with Crippen LogP contribution >= 0.6 is 0 Å². The molecule has 0 amide bonds. The maximum atomic E-state index is 12.3. The highest BCUT2D eigenvalue weighted by Crippen LogP contribution is 2.46. The maximum absolute atomic E-state index is 12.3. The zero-order chi connectivity index (χ0) is 13.7. The lowest BCUT2D eigenvalue weighted by Crippen LogP contribution is -2.20.